The molecular weight excluding hydrogens is 278 g/mol. The van der Waals surface area contributed by atoms with Crippen molar-refractivity contribution in [2.45, 2.75) is 20.3 Å². The van der Waals surface area contributed by atoms with Crippen molar-refractivity contribution in [2.75, 3.05) is 14.2 Å². The molecule has 0 aliphatic rings. The average Bonchev–Trinajstić information content (AvgIpc) is 2.99. The average molecular weight is 297 g/mol. The monoisotopic (exact) mass is 297 g/mol. The molecule has 3 aromatic rings. The highest BCUT2D eigenvalue weighted by molar-refractivity contribution is 5.63. The number of aryl methyl sites for hydroxylation is 1. The Labute approximate surface area is 129 Å². The first kappa shape index (κ1) is 14.4. The molecule has 114 valence electrons. The van der Waals surface area contributed by atoms with E-state index in [-0.39, 0.29) is 0 Å². The first-order chi connectivity index (χ1) is 10.7. The number of imidazole rings is 1. The molecule has 0 unspecified atom stereocenters. The quantitative estimate of drug-likeness (QED) is 0.741. The van der Waals surface area contributed by atoms with Crippen molar-refractivity contribution in [2.24, 2.45) is 0 Å². The van der Waals surface area contributed by atoms with Crippen LogP contribution in [0, 0.1) is 6.92 Å². The Morgan fingerprint density at radius 3 is 2.64 bits per heavy atom. The fourth-order valence-electron chi connectivity index (χ4n) is 2.65. The van der Waals surface area contributed by atoms with E-state index in [0.717, 1.165) is 34.7 Å². The van der Waals surface area contributed by atoms with Crippen molar-refractivity contribution >= 4 is 5.78 Å². The minimum Gasteiger partial charge on any atom is -0.497 e. The van der Waals surface area contributed by atoms with Gasteiger partial charge in [-0.05, 0) is 25.5 Å². The molecule has 0 amide bonds. The van der Waals surface area contributed by atoms with Gasteiger partial charge in [0.1, 0.15) is 5.75 Å². The van der Waals surface area contributed by atoms with E-state index in [2.05, 4.69) is 23.8 Å². The lowest BCUT2D eigenvalue weighted by atomic mass is 10.1. The molecule has 2 heterocycles. The summed E-state index contributed by atoms with van der Waals surface area (Å²) in [4.78, 5) is 9.13. The van der Waals surface area contributed by atoms with Crippen molar-refractivity contribution in [3.8, 4) is 22.9 Å². The molecule has 22 heavy (non-hydrogen) atoms. The molecule has 0 radical (unpaired) electrons. The highest BCUT2D eigenvalue weighted by atomic mass is 16.5. The summed E-state index contributed by atoms with van der Waals surface area (Å²) in [6.45, 7) is 4.16. The van der Waals surface area contributed by atoms with Crippen LogP contribution in [0.5, 0.6) is 11.6 Å². The predicted molar refractivity (Wildman–Crippen MR) is 85.6 cm³/mol. The van der Waals surface area contributed by atoms with Gasteiger partial charge in [0.15, 0.2) is 0 Å². The molecule has 0 atom stereocenters. The molecule has 0 fully saturated rings. The third kappa shape index (κ3) is 2.28. The molecular formula is C17H19N3O2. The highest BCUT2D eigenvalue weighted by Gasteiger charge is 2.14. The van der Waals surface area contributed by atoms with E-state index in [0.29, 0.717) is 11.7 Å². The van der Waals surface area contributed by atoms with Crippen LogP contribution in [0.4, 0.5) is 0 Å². The Kier molecular flexibility index (Phi) is 3.71. The Morgan fingerprint density at radius 2 is 1.95 bits per heavy atom. The van der Waals surface area contributed by atoms with Crippen LogP contribution in [0.25, 0.3) is 17.0 Å². The van der Waals surface area contributed by atoms with Crippen LogP contribution >= 0.6 is 0 Å². The fourth-order valence-corrected chi connectivity index (χ4v) is 2.65. The SMILES string of the molecule is CCc1c(OC)nc2nc(-c3cccc(OC)c3)cn2c1C. The number of methoxy groups -OCH3 is 2. The maximum absolute atomic E-state index is 5.39. The molecule has 0 bridgehead atoms. The van der Waals surface area contributed by atoms with E-state index in [1.165, 1.54) is 0 Å². The van der Waals surface area contributed by atoms with Gasteiger partial charge in [-0.1, -0.05) is 19.1 Å². The first-order valence-electron chi connectivity index (χ1n) is 7.25. The van der Waals surface area contributed by atoms with Gasteiger partial charge >= 0.3 is 0 Å². The molecule has 5 nitrogen and oxygen atoms in total. The van der Waals surface area contributed by atoms with Crippen molar-refractivity contribution in [3.05, 3.63) is 41.7 Å². The van der Waals surface area contributed by atoms with E-state index in [4.69, 9.17) is 9.47 Å². The Morgan fingerprint density at radius 1 is 1.14 bits per heavy atom. The summed E-state index contributed by atoms with van der Waals surface area (Å²) < 4.78 is 12.7. The van der Waals surface area contributed by atoms with Crippen LogP contribution < -0.4 is 9.47 Å². The van der Waals surface area contributed by atoms with Crippen molar-refractivity contribution < 1.29 is 9.47 Å². The van der Waals surface area contributed by atoms with Gasteiger partial charge in [-0.15, -0.1) is 0 Å². The summed E-state index contributed by atoms with van der Waals surface area (Å²) in [5, 5.41) is 0. The molecule has 0 aliphatic heterocycles. The molecule has 2 aromatic heterocycles. The smallest absolute Gasteiger partial charge is 0.237 e. The molecule has 0 aliphatic carbocycles. The maximum Gasteiger partial charge on any atom is 0.237 e. The number of nitrogens with zero attached hydrogens (tertiary/aromatic N) is 3. The zero-order chi connectivity index (χ0) is 15.7. The van der Waals surface area contributed by atoms with E-state index in [1.54, 1.807) is 14.2 Å². The van der Waals surface area contributed by atoms with Crippen LogP contribution in [0.15, 0.2) is 30.5 Å². The van der Waals surface area contributed by atoms with Gasteiger partial charge < -0.3 is 9.47 Å². The summed E-state index contributed by atoms with van der Waals surface area (Å²) in [5.74, 6) is 2.10. The van der Waals surface area contributed by atoms with Gasteiger partial charge in [0.2, 0.25) is 11.7 Å². The fraction of sp³-hybridized carbons (Fsp3) is 0.294. The lowest BCUT2D eigenvalue weighted by Gasteiger charge is -2.10. The summed E-state index contributed by atoms with van der Waals surface area (Å²) in [5.41, 5.74) is 4.07. The van der Waals surface area contributed by atoms with Crippen LogP contribution in [0.3, 0.4) is 0 Å². The Bertz CT molecular complexity index is 824. The zero-order valence-corrected chi connectivity index (χ0v) is 13.3. The third-order valence-electron chi connectivity index (χ3n) is 3.86. The number of hydrogen-bond acceptors (Lipinski definition) is 4. The number of rotatable bonds is 4. The van der Waals surface area contributed by atoms with Crippen LogP contribution in [0.2, 0.25) is 0 Å². The number of aromatic nitrogens is 3. The number of benzene rings is 1. The van der Waals surface area contributed by atoms with E-state index in [1.807, 2.05) is 34.9 Å². The lowest BCUT2D eigenvalue weighted by molar-refractivity contribution is 0.392. The Hall–Kier alpha value is -2.56. The van der Waals surface area contributed by atoms with Gasteiger partial charge in [-0.3, -0.25) is 4.40 Å². The number of hydrogen-bond donors (Lipinski definition) is 0. The van der Waals surface area contributed by atoms with Crippen LogP contribution in [-0.4, -0.2) is 28.6 Å². The molecule has 3 rings (SSSR count). The van der Waals surface area contributed by atoms with Gasteiger partial charge in [0.25, 0.3) is 0 Å². The second-order valence-electron chi connectivity index (χ2n) is 5.07. The number of ether oxygens (including phenoxy) is 2. The topological polar surface area (TPSA) is 48.7 Å². The maximum atomic E-state index is 5.39. The van der Waals surface area contributed by atoms with E-state index in [9.17, 15) is 0 Å². The van der Waals surface area contributed by atoms with Gasteiger partial charge in [-0.25, -0.2) is 4.98 Å². The normalized spacial score (nSPS) is 10.9. The van der Waals surface area contributed by atoms with Crippen LogP contribution in [-0.2, 0) is 6.42 Å². The van der Waals surface area contributed by atoms with E-state index >= 15 is 0 Å². The predicted octanol–water partition coefficient (Wildman–Crippen LogP) is 3.28. The molecule has 0 saturated heterocycles. The van der Waals surface area contributed by atoms with Crippen LogP contribution in [0.1, 0.15) is 18.2 Å². The summed E-state index contributed by atoms with van der Waals surface area (Å²) in [7, 11) is 3.30. The summed E-state index contributed by atoms with van der Waals surface area (Å²) >= 11 is 0. The third-order valence-corrected chi connectivity index (χ3v) is 3.86. The van der Waals surface area contributed by atoms with Crippen molar-refractivity contribution in [1.29, 1.82) is 0 Å². The van der Waals surface area contributed by atoms with Crippen molar-refractivity contribution in [1.82, 2.24) is 14.4 Å². The largest absolute Gasteiger partial charge is 0.497 e. The standard InChI is InChI=1S/C17H19N3O2/c1-5-14-11(2)20-10-15(18-17(20)19-16(14)22-4)12-7-6-8-13(9-12)21-3/h6-10H,5H2,1-4H3. The number of fused-ring (bicyclic) bond motifs is 1. The van der Waals surface area contributed by atoms with Gasteiger partial charge in [0.05, 0.1) is 19.9 Å². The highest BCUT2D eigenvalue weighted by Crippen LogP contribution is 2.27. The molecule has 1 aromatic carbocycles. The van der Waals surface area contributed by atoms with E-state index < -0.39 is 0 Å². The molecule has 0 N–H and O–H groups in total. The second-order valence-corrected chi connectivity index (χ2v) is 5.07. The summed E-state index contributed by atoms with van der Waals surface area (Å²) in [6, 6.07) is 7.85. The zero-order valence-electron chi connectivity index (χ0n) is 13.3. The molecule has 5 heteroatoms. The van der Waals surface area contributed by atoms with Gasteiger partial charge in [0, 0.05) is 23.0 Å². The van der Waals surface area contributed by atoms with Crippen molar-refractivity contribution in [3.63, 3.8) is 0 Å². The second kappa shape index (κ2) is 5.67. The lowest BCUT2D eigenvalue weighted by Crippen LogP contribution is -2.03. The minimum absolute atomic E-state index is 0.643. The Balaban J connectivity index is 2.19. The minimum atomic E-state index is 0.643. The van der Waals surface area contributed by atoms with Gasteiger partial charge in [-0.2, -0.15) is 4.98 Å². The summed E-state index contributed by atoms with van der Waals surface area (Å²) in [6.07, 6.45) is 2.87. The molecule has 0 saturated carbocycles. The molecule has 0 spiro atoms. The first-order valence-corrected chi connectivity index (χ1v) is 7.25.